The molecule has 0 fully saturated rings. The van der Waals surface area contributed by atoms with E-state index in [1.807, 2.05) is 0 Å². The highest BCUT2D eigenvalue weighted by Gasteiger charge is 2.16. The fourth-order valence-corrected chi connectivity index (χ4v) is 2.78. The van der Waals surface area contributed by atoms with E-state index >= 15 is 0 Å². The summed E-state index contributed by atoms with van der Waals surface area (Å²) in [6.07, 6.45) is 4.97. The lowest BCUT2D eigenvalue weighted by atomic mass is 9.99. The van der Waals surface area contributed by atoms with E-state index < -0.39 is 0 Å². The van der Waals surface area contributed by atoms with Crippen LogP contribution < -0.4 is 10.2 Å². The highest BCUT2D eigenvalue weighted by atomic mass is 15.1. The molecule has 1 aliphatic heterocycles. The first-order valence-corrected chi connectivity index (χ1v) is 7.84. The Bertz CT molecular complexity index is 400. The van der Waals surface area contributed by atoms with Gasteiger partial charge in [-0.3, -0.25) is 0 Å². The van der Waals surface area contributed by atoms with Crippen molar-refractivity contribution in [2.24, 2.45) is 0 Å². The standard InChI is InChI=1S/C17H28N2/c1-4-10-19-11-6-7-16-12-15(8-9-17(16)19)13-18-14(3)5-2/h8-9,12,14,18H,4-7,10-11,13H2,1-3H3/t14-/m1/s1. The molecule has 19 heavy (non-hydrogen) atoms. The van der Waals surface area contributed by atoms with Crippen LogP contribution in [0.1, 0.15) is 51.2 Å². The van der Waals surface area contributed by atoms with Crippen LogP contribution in [0.5, 0.6) is 0 Å². The van der Waals surface area contributed by atoms with Crippen LogP contribution in [0.25, 0.3) is 0 Å². The molecule has 0 spiro atoms. The molecule has 1 heterocycles. The lowest BCUT2D eigenvalue weighted by Crippen LogP contribution is -2.30. The number of aryl methyl sites for hydroxylation is 1. The number of hydrogen-bond acceptors (Lipinski definition) is 2. The van der Waals surface area contributed by atoms with Crippen molar-refractivity contribution in [3.05, 3.63) is 29.3 Å². The first kappa shape index (κ1) is 14.4. The van der Waals surface area contributed by atoms with Gasteiger partial charge in [-0.25, -0.2) is 0 Å². The van der Waals surface area contributed by atoms with Crippen LogP contribution in [-0.4, -0.2) is 19.1 Å². The molecule has 0 amide bonds. The zero-order valence-corrected chi connectivity index (χ0v) is 12.7. The summed E-state index contributed by atoms with van der Waals surface area (Å²) in [7, 11) is 0. The molecule has 0 aliphatic carbocycles. The van der Waals surface area contributed by atoms with Crippen molar-refractivity contribution in [3.8, 4) is 0 Å². The Morgan fingerprint density at radius 2 is 2.16 bits per heavy atom. The summed E-state index contributed by atoms with van der Waals surface area (Å²) < 4.78 is 0. The first-order valence-electron chi connectivity index (χ1n) is 7.84. The number of anilines is 1. The summed E-state index contributed by atoms with van der Waals surface area (Å²) in [5.41, 5.74) is 4.45. The maximum atomic E-state index is 3.58. The summed E-state index contributed by atoms with van der Waals surface area (Å²) in [5, 5.41) is 3.58. The van der Waals surface area contributed by atoms with Crippen LogP contribution in [0.4, 0.5) is 5.69 Å². The van der Waals surface area contributed by atoms with Crippen molar-refractivity contribution >= 4 is 5.69 Å². The number of nitrogens with one attached hydrogen (secondary N) is 1. The average molecular weight is 260 g/mol. The van der Waals surface area contributed by atoms with Crippen LogP contribution >= 0.6 is 0 Å². The SMILES string of the molecule is CCCN1CCCc2cc(CN[C@H](C)CC)ccc21. The molecule has 2 heteroatoms. The van der Waals surface area contributed by atoms with Crippen LogP contribution in [0, 0.1) is 0 Å². The van der Waals surface area contributed by atoms with Gasteiger partial charge in [-0.2, -0.15) is 0 Å². The van der Waals surface area contributed by atoms with Gasteiger partial charge < -0.3 is 10.2 Å². The van der Waals surface area contributed by atoms with Crippen molar-refractivity contribution in [2.45, 2.75) is 59.0 Å². The molecule has 0 saturated heterocycles. The van der Waals surface area contributed by atoms with Gasteiger partial charge in [-0.1, -0.05) is 26.0 Å². The zero-order chi connectivity index (χ0) is 13.7. The monoisotopic (exact) mass is 260 g/mol. The molecular weight excluding hydrogens is 232 g/mol. The molecule has 0 bridgehead atoms. The maximum absolute atomic E-state index is 3.58. The number of rotatable bonds is 6. The van der Waals surface area contributed by atoms with E-state index in [-0.39, 0.29) is 0 Å². The van der Waals surface area contributed by atoms with Crippen LogP contribution in [0.2, 0.25) is 0 Å². The van der Waals surface area contributed by atoms with Gasteiger partial charge in [0.1, 0.15) is 0 Å². The number of fused-ring (bicyclic) bond motifs is 1. The molecule has 2 rings (SSSR count). The first-order chi connectivity index (χ1) is 9.24. The summed E-state index contributed by atoms with van der Waals surface area (Å²) >= 11 is 0. The van der Waals surface area contributed by atoms with Gasteiger partial charge in [-0.05, 0) is 49.8 Å². The summed E-state index contributed by atoms with van der Waals surface area (Å²) in [4.78, 5) is 2.55. The van der Waals surface area contributed by atoms with Gasteiger partial charge >= 0.3 is 0 Å². The minimum atomic E-state index is 0.604. The fourth-order valence-electron chi connectivity index (χ4n) is 2.78. The largest absolute Gasteiger partial charge is 0.371 e. The van der Waals surface area contributed by atoms with Crippen molar-refractivity contribution in [1.82, 2.24) is 5.32 Å². The normalized spacial score (nSPS) is 16.3. The Labute approximate surface area is 118 Å². The molecule has 1 aliphatic rings. The van der Waals surface area contributed by atoms with E-state index in [9.17, 15) is 0 Å². The van der Waals surface area contributed by atoms with Gasteiger partial charge in [0.05, 0.1) is 0 Å². The fraction of sp³-hybridized carbons (Fsp3) is 0.647. The Balaban J connectivity index is 2.06. The topological polar surface area (TPSA) is 15.3 Å². The van der Waals surface area contributed by atoms with Crippen LogP contribution in [0.15, 0.2) is 18.2 Å². The summed E-state index contributed by atoms with van der Waals surface area (Å²) in [6, 6.07) is 7.64. The smallest absolute Gasteiger partial charge is 0.0398 e. The third-order valence-corrected chi connectivity index (χ3v) is 4.12. The third-order valence-electron chi connectivity index (χ3n) is 4.12. The molecular formula is C17H28N2. The average Bonchev–Trinajstić information content (AvgIpc) is 2.45. The second-order valence-electron chi connectivity index (χ2n) is 5.74. The lowest BCUT2D eigenvalue weighted by Gasteiger charge is -2.31. The summed E-state index contributed by atoms with van der Waals surface area (Å²) in [6.45, 7) is 10.2. The van der Waals surface area contributed by atoms with E-state index in [2.05, 4.69) is 49.2 Å². The molecule has 0 saturated carbocycles. The van der Waals surface area contributed by atoms with Gasteiger partial charge in [-0.15, -0.1) is 0 Å². The van der Waals surface area contributed by atoms with Crippen LogP contribution in [-0.2, 0) is 13.0 Å². The molecule has 1 atom stereocenters. The molecule has 1 aromatic carbocycles. The quantitative estimate of drug-likeness (QED) is 0.838. The molecule has 1 aromatic rings. The predicted molar refractivity (Wildman–Crippen MR) is 83.9 cm³/mol. The van der Waals surface area contributed by atoms with Gasteiger partial charge in [0, 0.05) is 31.4 Å². The van der Waals surface area contributed by atoms with E-state index in [0.717, 1.165) is 6.54 Å². The van der Waals surface area contributed by atoms with Crippen molar-refractivity contribution in [3.63, 3.8) is 0 Å². The second kappa shape index (κ2) is 6.95. The van der Waals surface area contributed by atoms with Crippen LogP contribution in [0.3, 0.4) is 0 Å². The van der Waals surface area contributed by atoms with Crippen molar-refractivity contribution < 1.29 is 0 Å². The second-order valence-corrected chi connectivity index (χ2v) is 5.74. The minimum absolute atomic E-state index is 0.604. The van der Waals surface area contributed by atoms with E-state index in [0.29, 0.717) is 6.04 Å². The molecule has 0 aromatic heterocycles. The Kier molecular flexibility index (Phi) is 5.26. The Morgan fingerprint density at radius 3 is 2.89 bits per heavy atom. The number of nitrogens with zero attached hydrogens (tertiary/aromatic N) is 1. The van der Waals surface area contributed by atoms with E-state index in [1.165, 1.54) is 50.0 Å². The molecule has 1 N–H and O–H groups in total. The third kappa shape index (κ3) is 3.73. The molecule has 0 radical (unpaired) electrons. The van der Waals surface area contributed by atoms with Crippen molar-refractivity contribution in [2.75, 3.05) is 18.0 Å². The summed E-state index contributed by atoms with van der Waals surface area (Å²) in [5.74, 6) is 0. The number of hydrogen-bond donors (Lipinski definition) is 1. The highest BCUT2D eigenvalue weighted by molar-refractivity contribution is 5.56. The van der Waals surface area contributed by atoms with E-state index in [1.54, 1.807) is 5.56 Å². The Hall–Kier alpha value is -1.02. The predicted octanol–water partition coefficient (Wildman–Crippen LogP) is 3.74. The molecule has 2 nitrogen and oxygen atoms in total. The van der Waals surface area contributed by atoms with Crippen molar-refractivity contribution in [1.29, 1.82) is 0 Å². The lowest BCUT2D eigenvalue weighted by molar-refractivity contribution is 0.534. The van der Waals surface area contributed by atoms with Gasteiger partial charge in [0.2, 0.25) is 0 Å². The molecule has 0 unspecified atom stereocenters. The Morgan fingerprint density at radius 1 is 1.32 bits per heavy atom. The molecule has 106 valence electrons. The maximum Gasteiger partial charge on any atom is 0.0398 e. The van der Waals surface area contributed by atoms with Gasteiger partial charge in [0.25, 0.3) is 0 Å². The number of benzene rings is 1. The zero-order valence-electron chi connectivity index (χ0n) is 12.7. The van der Waals surface area contributed by atoms with E-state index in [4.69, 9.17) is 0 Å². The minimum Gasteiger partial charge on any atom is -0.371 e. The van der Waals surface area contributed by atoms with Gasteiger partial charge in [0.15, 0.2) is 0 Å². The highest BCUT2D eigenvalue weighted by Crippen LogP contribution is 2.28.